The third-order valence-corrected chi connectivity index (χ3v) is 2.83. The smallest absolute Gasteiger partial charge is 0.230 e. The Kier molecular flexibility index (Phi) is 2.73. The van der Waals surface area contributed by atoms with E-state index in [0.29, 0.717) is 0 Å². The lowest BCUT2D eigenvalue weighted by molar-refractivity contribution is -0.130. The van der Waals surface area contributed by atoms with Crippen LogP contribution in [0.4, 0.5) is 0 Å². The maximum atomic E-state index is 11.9. The molecule has 1 N–H and O–H groups in total. The molecule has 3 nitrogen and oxygen atoms in total. The van der Waals surface area contributed by atoms with Gasteiger partial charge in [-0.15, -0.1) is 0 Å². The summed E-state index contributed by atoms with van der Waals surface area (Å²) < 4.78 is 0. The van der Waals surface area contributed by atoms with Gasteiger partial charge in [-0.3, -0.25) is 4.79 Å². The molecule has 1 aromatic carbocycles. The average Bonchev–Trinajstić information content (AvgIpc) is 2.27. The van der Waals surface area contributed by atoms with Gasteiger partial charge in [0.25, 0.3) is 0 Å². The first-order valence-electron chi connectivity index (χ1n) is 5.20. The second kappa shape index (κ2) is 4.03. The number of carbonyl (C=O) groups is 1. The van der Waals surface area contributed by atoms with Crippen LogP contribution in [-0.4, -0.2) is 31.4 Å². The molecular weight excluding hydrogens is 188 g/mol. The van der Waals surface area contributed by atoms with Crippen LogP contribution in [0, 0.1) is 0 Å². The summed E-state index contributed by atoms with van der Waals surface area (Å²) in [6.07, 6.45) is 0. The first-order chi connectivity index (χ1) is 7.20. The van der Waals surface area contributed by atoms with Gasteiger partial charge in [-0.1, -0.05) is 24.3 Å². The van der Waals surface area contributed by atoms with Crippen LogP contribution >= 0.6 is 0 Å². The van der Waals surface area contributed by atoms with E-state index in [9.17, 15) is 4.79 Å². The molecule has 1 aromatic rings. The summed E-state index contributed by atoms with van der Waals surface area (Å²) in [6, 6.07) is 8.16. The highest BCUT2D eigenvalue weighted by molar-refractivity contribution is 5.84. The number of hydrogen-bond donors (Lipinski definition) is 1. The molecule has 15 heavy (non-hydrogen) atoms. The molecule has 80 valence electrons. The second-order valence-electron chi connectivity index (χ2n) is 4.11. The van der Waals surface area contributed by atoms with Crippen molar-refractivity contribution in [1.29, 1.82) is 0 Å². The standard InChI is InChI=1S/C12H16N2O/c1-14(2)12(15)11-8-13-7-9-5-3-4-6-10(9)11/h3-6,11,13H,7-8H2,1-2H3/t11-/m0/s1. The fraction of sp³-hybridized carbons (Fsp3) is 0.417. The fourth-order valence-corrected chi connectivity index (χ4v) is 2.03. The number of rotatable bonds is 1. The first-order valence-corrected chi connectivity index (χ1v) is 5.20. The quantitative estimate of drug-likeness (QED) is 0.739. The summed E-state index contributed by atoms with van der Waals surface area (Å²) in [5.41, 5.74) is 2.42. The van der Waals surface area contributed by atoms with E-state index in [2.05, 4.69) is 17.4 Å². The molecule has 1 atom stereocenters. The molecule has 0 aromatic heterocycles. The molecule has 0 aliphatic carbocycles. The number of hydrogen-bond acceptors (Lipinski definition) is 2. The van der Waals surface area contributed by atoms with Crippen LogP contribution in [0.15, 0.2) is 24.3 Å². The molecule has 0 bridgehead atoms. The minimum Gasteiger partial charge on any atom is -0.348 e. The summed E-state index contributed by atoms with van der Waals surface area (Å²) in [5.74, 6) is 0.152. The molecule has 0 spiro atoms. The molecule has 3 heteroatoms. The van der Waals surface area contributed by atoms with Crippen LogP contribution in [0.1, 0.15) is 17.0 Å². The van der Waals surface area contributed by atoms with E-state index in [1.165, 1.54) is 11.1 Å². The van der Waals surface area contributed by atoms with Crippen LogP contribution < -0.4 is 5.32 Å². The molecule has 0 saturated heterocycles. The molecule has 1 amide bonds. The number of likely N-dealkylation sites (N-methyl/N-ethyl adjacent to an activating group) is 1. The van der Waals surface area contributed by atoms with Gasteiger partial charge < -0.3 is 10.2 Å². The van der Waals surface area contributed by atoms with Crippen molar-refractivity contribution >= 4 is 5.91 Å². The summed E-state index contributed by atoms with van der Waals surface area (Å²) in [6.45, 7) is 1.61. The highest BCUT2D eigenvalue weighted by atomic mass is 16.2. The van der Waals surface area contributed by atoms with Crippen LogP contribution in [0.25, 0.3) is 0 Å². The van der Waals surface area contributed by atoms with E-state index >= 15 is 0 Å². The Bertz CT molecular complexity index is 374. The summed E-state index contributed by atoms with van der Waals surface area (Å²) in [7, 11) is 3.61. The topological polar surface area (TPSA) is 32.3 Å². The van der Waals surface area contributed by atoms with Gasteiger partial charge in [0.2, 0.25) is 5.91 Å². The Morgan fingerprint density at radius 2 is 2.13 bits per heavy atom. The van der Waals surface area contributed by atoms with Gasteiger partial charge in [0.05, 0.1) is 5.92 Å². The maximum Gasteiger partial charge on any atom is 0.230 e. The lowest BCUT2D eigenvalue weighted by atomic mass is 9.90. The molecule has 0 radical (unpaired) electrons. The Hall–Kier alpha value is -1.35. The van der Waals surface area contributed by atoms with E-state index in [1.54, 1.807) is 19.0 Å². The number of amides is 1. The van der Waals surface area contributed by atoms with E-state index in [1.807, 2.05) is 12.1 Å². The normalized spacial score (nSPS) is 19.5. The third kappa shape index (κ3) is 1.88. The van der Waals surface area contributed by atoms with Gasteiger partial charge in [-0.25, -0.2) is 0 Å². The summed E-state index contributed by atoms with van der Waals surface area (Å²) in [4.78, 5) is 13.6. The molecule has 1 aliphatic rings. The van der Waals surface area contributed by atoms with Gasteiger partial charge >= 0.3 is 0 Å². The zero-order valence-electron chi connectivity index (χ0n) is 9.16. The van der Waals surface area contributed by atoms with Crippen molar-refractivity contribution in [2.24, 2.45) is 0 Å². The third-order valence-electron chi connectivity index (χ3n) is 2.83. The Morgan fingerprint density at radius 1 is 1.40 bits per heavy atom. The predicted molar refractivity (Wildman–Crippen MR) is 59.6 cm³/mol. The SMILES string of the molecule is CN(C)C(=O)[C@H]1CNCc2ccccc21. The summed E-state index contributed by atoms with van der Waals surface area (Å²) in [5, 5.41) is 3.28. The van der Waals surface area contributed by atoms with Crippen LogP contribution in [0.3, 0.4) is 0 Å². The Labute approximate surface area is 90.1 Å². The van der Waals surface area contributed by atoms with Crippen LogP contribution in [0.5, 0.6) is 0 Å². The number of nitrogens with zero attached hydrogens (tertiary/aromatic N) is 1. The van der Waals surface area contributed by atoms with Crippen LogP contribution in [0.2, 0.25) is 0 Å². The van der Waals surface area contributed by atoms with Crippen molar-refractivity contribution in [3.8, 4) is 0 Å². The molecule has 1 heterocycles. The van der Waals surface area contributed by atoms with Crippen molar-refractivity contribution in [3.63, 3.8) is 0 Å². The van der Waals surface area contributed by atoms with Crippen molar-refractivity contribution in [2.45, 2.75) is 12.5 Å². The zero-order valence-corrected chi connectivity index (χ0v) is 9.16. The van der Waals surface area contributed by atoms with Crippen molar-refractivity contribution in [3.05, 3.63) is 35.4 Å². The molecule has 0 saturated carbocycles. The minimum absolute atomic E-state index is 0.0232. The Morgan fingerprint density at radius 3 is 2.87 bits per heavy atom. The molecule has 1 aliphatic heterocycles. The fourth-order valence-electron chi connectivity index (χ4n) is 2.03. The van der Waals surface area contributed by atoms with Crippen LogP contribution in [-0.2, 0) is 11.3 Å². The van der Waals surface area contributed by atoms with Gasteiger partial charge in [-0.05, 0) is 11.1 Å². The van der Waals surface area contributed by atoms with Crippen molar-refractivity contribution in [2.75, 3.05) is 20.6 Å². The van der Waals surface area contributed by atoms with Gasteiger partial charge in [-0.2, -0.15) is 0 Å². The van der Waals surface area contributed by atoms with Gasteiger partial charge in [0.1, 0.15) is 0 Å². The average molecular weight is 204 g/mol. The molecular formula is C12H16N2O. The maximum absolute atomic E-state index is 11.9. The minimum atomic E-state index is -0.0232. The van der Waals surface area contributed by atoms with Crippen molar-refractivity contribution in [1.82, 2.24) is 10.2 Å². The van der Waals surface area contributed by atoms with E-state index in [-0.39, 0.29) is 11.8 Å². The highest BCUT2D eigenvalue weighted by Gasteiger charge is 2.26. The lowest BCUT2D eigenvalue weighted by Gasteiger charge is -2.27. The van der Waals surface area contributed by atoms with E-state index in [0.717, 1.165) is 13.1 Å². The zero-order chi connectivity index (χ0) is 10.8. The monoisotopic (exact) mass is 204 g/mol. The summed E-state index contributed by atoms with van der Waals surface area (Å²) >= 11 is 0. The largest absolute Gasteiger partial charge is 0.348 e. The highest BCUT2D eigenvalue weighted by Crippen LogP contribution is 2.24. The van der Waals surface area contributed by atoms with Gasteiger partial charge in [0.15, 0.2) is 0 Å². The first kappa shape index (κ1) is 10.2. The number of nitrogens with one attached hydrogen (secondary N) is 1. The van der Waals surface area contributed by atoms with E-state index < -0.39 is 0 Å². The predicted octanol–water partition coefficient (Wildman–Crippen LogP) is 0.962. The molecule has 2 rings (SSSR count). The second-order valence-corrected chi connectivity index (χ2v) is 4.11. The molecule has 0 unspecified atom stereocenters. The number of benzene rings is 1. The lowest BCUT2D eigenvalue weighted by Crippen LogP contribution is -2.38. The van der Waals surface area contributed by atoms with Crippen molar-refractivity contribution < 1.29 is 4.79 Å². The van der Waals surface area contributed by atoms with E-state index in [4.69, 9.17) is 0 Å². The van der Waals surface area contributed by atoms with Gasteiger partial charge in [0, 0.05) is 27.2 Å². The Balaban J connectivity index is 2.34. The number of carbonyl (C=O) groups excluding carboxylic acids is 1. The molecule has 0 fully saturated rings. The number of fused-ring (bicyclic) bond motifs is 1.